The Morgan fingerprint density at radius 2 is 1.33 bits per heavy atom. The van der Waals surface area contributed by atoms with E-state index in [1.54, 1.807) is 0 Å². The van der Waals surface area contributed by atoms with Gasteiger partial charge in [-0.3, -0.25) is 0 Å². The minimum Gasteiger partial charge on any atom is -0.320 e. The molecule has 0 rings (SSSR count). The molecule has 0 atom stereocenters. The Morgan fingerprint density at radius 1 is 0.800 bits per heavy atom. The summed E-state index contributed by atoms with van der Waals surface area (Å²) in [5, 5.41) is 3.21. The number of hydrogen-bond acceptors (Lipinski definition) is 2. The van der Waals surface area contributed by atoms with Crippen molar-refractivity contribution in [3.05, 3.63) is 0 Å². The zero-order valence-corrected chi connectivity index (χ0v) is 11.0. The predicted octanol–water partition coefficient (Wildman–Crippen LogP) is 2.89. The van der Waals surface area contributed by atoms with E-state index in [-0.39, 0.29) is 0 Å². The molecule has 0 saturated carbocycles. The monoisotopic (exact) mass is 214 g/mol. The van der Waals surface area contributed by atoms with Crippen LogP contribution in [0.25, 0.3) is 0 Å². The van der Waals surface area contributed by atoms with Crippen molar-refractivity contribution in [3.8, 4) is 0 Å². The lowest BCUT2D eigenvalue weighted by atomic mass is 10.2. The van der Waals surface area contributed by atoms with Crippen LogP contribution >= 0.6 is 0 Å². The molecular weight excluding hydrogens is 184 g/mol. The highest BCUT2D eigenvalue weighted by molar-refractivity contribution is 4.58. The summed E-state index contributed by atoms with van der Waals surface area (Å²) in [4.78, 5) is 2.64. The average Bonchev–Trinajstić information content (AvgIpc) is 2.27. The van der Waals surface area contributed by atoms with E-state index in [2.05, 4.69) is 24.1 Å². The second-order valence-corrected chi connectivity index (χ2v) is 4.36. The molecule has 0 aliphatic carbocycles. The van der Waals surface area contributed by atoms with Gasteiger partial charge in [0, 0.05) is 0 Å². The molecule has 15 heavy (non-hydrogen) atoms. The van der Waals surface area contributed by atoms with Crippen molar-refractivity contribution < 1.29 is 0 Å². The standard InChI is InChI=1S/C13H30N2/c1-4-6-11-15(12-7-5-2)13-9-8-10-14-3/h14H,4-13H2,1-3H3. The summed E-state index contributed by atoms with van der Waals surface area (Å²) in [6.45, 7) is 9.61. The maximum atomic E-state index is 3.21. The Bertz CT molecular complexity index is 107. The Kier molecular flexibility index (Phi) is 11.9. The van der Waals surface area contributed by atoms with Gasteiger partial charge in [0.25, 0.3) is 0 Å². The van der Waals surface area contributed by atoms with Crippen LogP contribution in [0.2, 0.25) is 0 Å². The van der Waals surface area contributed by atoms with E-state index in [1.807, 2.05) is 7.05 Å². The molecule has 2 nitrogen and oxygen atoms in total. The van der Waals surface area contributed by atoms with Crippen LogP contribution < -0.4 is 5.32 Å². The number of nitrogens with one attached hydrogen (secondary N) is 1. The average molecular weight is 214 g/mol. The molecule has 0 bridgehead atoms. The van der Waals surface area contributed by atoms with Crippen LogP contribution in [0.15, 0.2) is 0 Å². The lowest BCUT2D eigenvalue weighted by Crippen LogP contribution is -2.27. The molecule has 0 aromatic carbocycles. The number of rotatable bonds is 11. The molecule has 0 radical (unpaired) electrons. The van der Waals surface area contributed by atoms with Crippen molar-refractivity contribution in [2.75, 3.05) is 33.2 Å². The lowest BCUT2D eigenvalue weighted by Gasteiger charge is -2.21. The van der Waals surface area contributed by atoms with Gasteiger partial charge in [0.1, 0.15) is 0 Å². The van der Waals surface area contributed by atoms with Crippen LogP contribution in [0.1, 0.15) is 52.4 Å². The molecule has 1 N–H and O–H groups in total. The van der Waals surface area contributed by atoms with Gasteiger partial charge in [-0.2, -0.15) is 0 Å². The molecular formula is C13H30N2. The first-order valence-electron chi connectivity index (χ1n) is 6.72. The summed E-state index contributed by atoms with van der Waals surface area (Å²) < 4.78 is 0. The van der Waals surface area contributed by atoms with Crippen molar-refractivity contribution >= 4 is 0 Å². The van der Waals surface area contributed by atoms with Gasteiger partial charge in [0.15, 0.2) is 0 Å². The summed E-state index contributed by atoms with van der Waals surface area (Å²) in [7, 11) is 2.03. The van der Waals surface area contributed by atoms with Crippen LogP contribution in [0, 0.1) is 0 Å². The Hall–Kier alpha value is -0.0800. The van der Waals surface area contributed by atoms with Crippen LogP contribution in [0.5, 0.6) is 0 Å². The first-order chi connectivity index (χ1) is 7.35. The molecule has 0 spiro atoms. The van der Waals surface area contributed by atoms with Crippen molar-refractivity contribution in [2.45, 2.75) is 52.4 Å². The molecule has 92 valence electrons. The molecule has 0 amide bonds. The molecule has 0 saturated heterocycles. The van der Waals surface area contributed by atoms with Crippen LogP contribution in [-0.2, 0) is 0 Å². The van der Waals surface area contributed by atoms with Gasteiger partial charge in [-0.25, -0.2) is 0 Å². The molecule has 2 heteroatoms. The summed E-state index contributed by atoms with van der Waals surface area (Å²) in [6.07, 6.45) is 8.00. The molecule has 0 unspecified atom stereocenters. The predicted molar refractivity (Wildman–Crippen MR) is 69.4 cm³/mol. The van der Waals surface area contributed by atoms with Gasteiger partial charge in [-0.15, -0.1) is 0 Å². The van der Waals surface area contributed by atoms with Crippen molar-refractivity contribution in [1.29, 1.82) is 0 Å². The van der Waals surface area contributed by atoms with Gasteiger partial charge in [0.2, 0.25) is 0 Å². The molecule has 0 fully saturated rings. The fourth-order valence-electron chi connectivity index (χ4n) is 1.74. The topological polar surface area (TPSA) is 15.3 Å². The second kappa shape index (κ2) is 12.0. The lowest BCUT2D eigenvalue weighted by molar-refractivity contribution is 0.260. The van der Waals surface area contributed by atoms with Gasteiger partial charge in [-0.1, -0.05) is 26.7 Å². The normalized spacial score (nSPS) is 11.2. The summed E-state index contributed by atoms with van der Waals surface area (Å²) >= 11 is 0. The van der Waals surface area contributed by atoms with E-state index in [0.717, 1.165) is 6.54 Å². The van der Waals surface area contributed by atoms with Gasteiger partial charge >= 0.3 is 0 Å². The summed E-state index contributed by atoms with van der Waals surface area (Å²) in [5.74, 6) is 0. The molecule has 0 aliphatic heterocycles. The van der Waals surface area contributed by atoms with Crippen molar-refractivity contribution in [1.82, 2.24) is 10.2 Å². The summed E-state index contributed by atoms with van der Waals surface area (Å²) in [5.41, 5.74) is 0. The number of unbranched alkanes of at least 4 members (excludes halogenated alkanes) is 3. The van der Waals surface area contributed by atoms with E-state index in [0.29, 0.717) is 0 Å². The maximum Gasteiger partial charge on any atom is -0.00183 e. The zero-order valence-electron chi connectivity index (χ0n) is 11.0. The van der Waals surface area contributed by atoms with Crippen LogP contribution in [-0.4, -0.2) is 38.1 Å². The molecule has 0 heterocycles. The summed E-state index contributed by atoms with van der Waals surface area (Å²) in [6, 6.07) is 0. The third-order valence-electron chi connectivity index (χ3n) is 2.81. The van der Waals surface area contributed by atoms with E-state index in [4.69, 9.17) is 0 Å². The fourth-order valence-corrected chi connectivity index (χ4v) is 1.74. The minimum absolute atomic E-state index is 1.16. The molecule has 0 aliphatic rings. The Morgan fingerprint density at radius 3 is 1.80 bits per heavy atom. The van der Waals surface area contributed by atoms with E-state index in [9.17, 15) is 0 Å². The Balaban J connectivity index is 3.49. The Labute approximate surface area is 96.4 Å². The highest BCUT2D eigenvalue weighted by atomic mass is 15.1. The van der Waals surface area contributed by atoms with E-state index >= 15 is 0 Å². The first kappa shape index (κ1) is 14.9. The third-order valence-corrected chi connectivity index (χ3v) is 2.81. The first-order valence-corrected chi connectivity index (χ1v) is 6.72. The molecule has 0 aromatic rings. The van der Waals surface area contributed by atoms with E-state index < -0.39 is 0 Å². The van der Waals surface area contributed by atoms with Crippen LogP contribution in [0.4, 0.5) is 0 Å². The number of nitrogens with zero attached hydrogens (tertiary/aromatic N) is 1. The van der Waals surface area contributed by atoms with Crippen molar-refractivity contribution in [3.63, 3.8) is 0 Å². The van der Waals surface area contributed by atoms with Gasteiger partial charge in [-0.05, 0) is 58.9 Å². The fraction of sp³-hybridized carbons (Fsp3) is 1.00. The van der Waals surface area contributed by atoms with Gasteiger partial charge in [0.05, 0.1) is 0 Å². The molecule has 0 aromatic heterocycles. The zero-order chi connectivity index (χ0) is 11.4. The van der Waals surface area contributed by atoms with Gasteiger partial charge < -0.3 is 10.2 Å². The van der Waals surface area contributed by atoms with E-state index in [1.165, 1.54) is 58.2 Å². The minimum atomic E-state index is 1.16. The maximum absolute atomic E-state index is 3.21. The van der Waals surface area contributed by atoms with Crippen LogP contribution in [0.3, 0.4) is 0 Å². The largest absolute Gasteiger partial charge is 0.320 e. The highest BCUT2D eigenvalue weighted by Gasteiger charge is 2.02. The smallest absolute Gasteiger partial charge is 0.00183 e. The quantitative estimate of drug-likeness (QED) is 0.532. The SMILES string of the molecule is CCCCN(CCCC)CCCCNC. The highest BCUT2D eigenvalue weighted by Crippen LogP contribution is 2.01. The van der Waals surface area contributed by atoms with Crippen molar-refractivity contribution in [2.24, 2.45) is 0 Å². The number of hydrogen-bond donors (Lipinski definition) is 1. The third kappa shape index (κ3) is 10.2. The second-order valence-electron chi connectivity index (χ2n) is 4.36.